The van der Waals surface area contributed by atoms with Gasteiger partial charge in [0.2, 0.25) is 5.91 Å². The minimum Gasteiger partial charge on any atom is -0.408 e. The molecule has 3 aliphatic heterocycles. The van der Waals surface area contributed by atoms with E-state index in [9.17, 15) is 9.59 Å². The number of para-hydroxylation sites is 2. The van der Waals surface area contributed by atoms with Crippen molar-refractivity contribution in [2.45, 2.75) is 32.0 Å². The molecule has 0 radical (unpaired) electrons. The smallest absolute Gasteiger partial charge is 0.408 e. The van der Waals surface area contributed by atoms with Crippen LogP contribution in [0, 0.1) is 5.92 Å². The normalized spacial score (nSPS) is 22.1. The van der Waals surface area contributed by atoms with Crippen LogP contribution < -0.4 is 5.76 Å². The van der Waals surface area contributed by atoms with Crippen LogP contribution in [0.15, 0.2) is 57.9 Å². The number of amides is 1. The topological polar surface area (TPSA) is 71.6 Å². The minimum absolute atomic E-state index is 0.00645. The lowest BCUT2D eigenvalue weighted by Crippen LogP contribution is -2.49. The summed E-state index contributed by atoms with van der Waals surface area (Å²) in [6.45, 7) is 3.42. The molecule has 5 heterocycles. The molecule has 0 spiro atoms. The SMILES string of the molecule is O=C(Cn1c(=O)oc2ccccc21)N1CC2CCC1CN(Cc1ccccn1)C2. The van der Waals surface area contributed by atoms with Crippen molar-refractivity contribution in [1.82, 2.24) is 19.4 Å². The summed E-state index contributed by atoms with van der Waals surface area (Å²) in [6, 6.07) is 13.4. The molecule has 2 aromatic heterocycles. The quantitative estimate of drug-likeness (QED) is 0.680. The Bertz CT molecular complexity index is 1070. The van der Waals surface area contributed by atoms with Gasteiger partial charge < -0.3 is 9.32 Å². The van der Waals surface area contributed by atoms with Gasteiger partial charge in [-0.3, -0.25) is 19.2 Å². The number of rotatable bonds is 4. The molecule has 3 saturated heterocycles. The van der Waals surface area contributed by atoms with Gasteiger partial charge in [0.05, 0.1) is 11.2 Å². The molecule has 2 bridgehead atoms. The number of carbonyl (C=O) groups is 1. The summed E-state index contributed by atoms with van der Waals surface area (Å²) in [7, 11) is 0. The van der Waals surface area contributed by atoms with E-state index in [1.165, 1.54) is 4.57 Å². The zero-order valence-corrected chi connectivity index (χ0v) is 16.2. The highest BCUT2D eigenvalue weighted by Gasteiger charge is 2.37. The van der Waals surface area contributed by atoms with E-state index in [1.54, 1.807) is 6.07 Å². The van der Waals surface area contributed by atoms with Gasteiger partial charge in [-0.2, -0.15) is 0 Å². The summed E-state index contributed by atoms with van der Waals surface area (Å²) >= 11 is 0. The summed E-state index contributed by atoms with van der Waals surface area (Å²) in [6.07, 6.45) is 3.97. The number of hydrogen-bond acceptors (Lipinski definition) is 5. The standard InChI is InChI=1S/C22H24N4O3/c27-21(15-26-19-6-1-2-7-20(19)29-22(26)28)25-12-16-8-9-18(25)14-24(11-16)13-17-5-3-4-10-23-17/h1-7,10,16,18H,8-9,11-15H2. The van der Waals surface area contributed by atoms with E-state index in [1.807, 2.05) is 47.5 Å². The number of carbonyl (C=O) groups excluding carboxylic acids is 1. The molecule has 6 rings (SSSR count). The monoisotopic (exact) mass is 392 g/mol. The van der Waals surface area contributed by atoms with Crippen LogP contribution in [-0.2, 0) is 17.9 Å². The predicted molar refractivity (Wildman–Crippen MR) is 108 cm³/mol. The van der Waals surface area contributed by atoms with E-state index in [0.717, 1.165) is 44.7 Å². The van der Waals surface area contributed by atoms with Gasteiger partial charge in [0, 0.05) is 38.4 Å². The summed E-state index contributed by atoms with van der Waals surface area (Å²) in [5, 5.41) is 0. The number of benzene rings is 1. The van der Waals surface area contributed by atoms with Gasteiger partial charge in [-0.15, -0.1) is 0 Å². The van der Waals surface area contributed by atoms with Gasteiger partial charge >= 0.3 is 5.76 Å². The van der Waals surface area contributed by atoms with Crippen LogP contribution in [0.3, 0.4) is 0 Å². The maximum Gasteiger partial charge on any atom is 0.420 e. The summed E-state index contributed by atoms with van der Waals surface area (Å²) < 4.78 is 6.73. The number of fused-ring (bicyclic) bond motifs is 5. The molecule has 7 heteroatoms. The Morgan fingerprint density at radius 3 is 2.79 bits per heavy atom. The fraction of sp³-hybridized carbons (Fsp3) is 0.409. The van der Waals surface area contributed by atoms with Crippen molar-refractivity contribution in [3.8, 4) is 0 Å². The molecule has 3 aromatic rings. The van der Waals surface area contributed by atoms with E-state index in [-0.39, 0.29) is 18.5 Å². The van der Waals surface area contributed by atoms with Crippen LogP contribution in [0.2, 0.25) is 0 Å². The summed E-state index contributed by atoms with van der Waals surface area (Å²) in [4.78, 5) is 34.3. The molecular formula is C22H24N4O3. The molecule has 0 saturated carbocycles. The van der Waals surface area contributed by atoms with Crippen molar-refractivity contribution in [3.05, 3.63) is 64.9 Å². The Labute approximate surface area is 168 Å². The molecule has 2 unspecified atom stereocenters. The van der Waals surface area contributed by atoms with Crippen molar-refractivity contribution in [2.24, 2.45) is 5.92 Å². The molecule has 29 heavy (non-hydrogen) atoms. The highest BCUT2D eigenvalue weighted by molar-refractivity contribution is 5.80. The zero-order chi connectivity index (χ0) is 19.8. The van der Waals surface area contributed by atoms with Crippen LogP contribution in [0.5, 0.6) is 0 Å². The van der Waals surface area contributed by atoms with Gasteiger partial charge in [0.15, 0.2) is 5.58 Å². The van der Waals surface area contributed by atoms with E-state index in [0.29, 0.717) is 17.0 Å². The Morgan fingerprint density at radius 2 is 1.93 bits per heavy atom. The number of nitrogens with zero attached hydrogens (tertiary/aromatic N) is 4. The molecule has 2 atom stereocenters. The molecule has 3 aliphatic rings. The van der Waals surface area contributed by atoms with Crippen molar-refractivity contribution < 1.29 is 9.21 Å². The number of hydrogen-bond donors (Lipinski definition) is 0. The highest BCUT2D eigenvalue weighted by Crippen LogP contribution is 2.29. The van der Waals surface area contributed by atoms with Crippen LogP contribution in [0.4, 0.5) is 0 Å². The lowest BCUT2D eigenvalue weighted by molar-refractivity contribution is -0.136. The molecule has 0 N–H and O–H groups in total. The van der Waals surface area contributed by atoms with E-state index >= 15 is 0 Å². The summed E-state index contributed by atoms with van der Waals surface area (Å²) in [5.41, 5.74) is 2.25. The van der Waals surface area contributed by atoms with Gasteiger partial charge in [-0.1, -0.05) is 18.2 Å². The van der Waals surface area contributed by atoms with Gasteiger partial charge in [-0.25, -0.2) is 4.79 Å². The van der Waals surface area contributed by atoms with Crippen LogP contribution >= 0.6 is 0 Å². The maximum absolute atomic E-state index is 13.2. The van der Waals surface area contributed by atoms with Gasteiger partial charge in [-0.05, 0) is 43.0 Å². The first-order chi connectivity index (χ1) is 14.2. The first kappa shape index (κ1) is 18.1. The number of aromatic nitrogens is 2. The lowest BCUT2D eigenvalue weighted by atomic mass is 9.95. The van der Waals surface area contributed by atoms with Crippen LogP contribution in [-0.4, -0.2) is 50.9 Å². The third kappa shape index (κ3) is 3.58. The second-order valence-electron chi connectivity index (χ2n) is 8.08. The molecule has 7 nitrogen and oxygen atoms in total. The van der Waals surface area contributed by atoms with Crippen molar-refractivity contribution in [2.75, 3.05) is 19.6 Å². The maximum atomic E-state index is 13.2. The lowest BCUT2D eigenvalue weighted by Gasteiger charge is -2.36. The fourth-order valence-corrected chi connectivity index (χ4v) is 4.72. The minimum atomic E-state index is -0.476. The average molecular weight is 392 g/mol. The number of pyridine rings is 1. The van der Waals surface area contributed by atoms with Crippen molar-refractivity contribution in [1.29, 1.82) is 0 Å². The Balaban J connectivity index is 1.33. The molecule has 3 fully saturated rings. The second-order valence-corrected chi connectivity index (χ2v) is 8.08. The van der Waals surface area contributed by atoms with Crippen molar-refractivity contribution >= 4 is 17.0 Å². The van der Waals surface area contributed by atoms with E-state index in [2.05, 4.69) is 9.88 Å². The molecule has 1 aromatic carbocycles. The molecule has 150 valence electrons. The third-order valence-corrected chi connectivity index (χ3v) is 6.09. The number of oxazole rings is 1. The Morgan fingerprint density at radius 1 is 1.07 bits per heavy atom. The van der Waals surface area contributed by atoms with Crippen LogP contribution in [0.1, 0.15) is 18.5 Å². The van der Waals surface area contributed by atoms with E-state index in [4.69, 9.17) is 4.42 Å². The predicted octanol–water partition coefficient (Wildman–Crippen LogP) is 2.11. The molecule has 0 aliphatic carbocycles. The first-order valence-corrected chi connectivity index (χ1v) is 10.2. The van der Waals surface area contributed by atoms with Gasteiger partial charge in [0.1, 0.15) is 6.54 Å². The fourth-order valence-electron chi connectivity index (χ4n) is 4.72. The summed E-state index contributed by atoms with van der Waals surface area (Å²) in [5.74, 6) is -0.0245. The number of piperidine rings is 1. The molecule has 1 amide bonds. The van der Waals surface area contributed by atoms with E-state index < -0.39 is 5.76 Å². The zero-order valence-electron chi connectivity index (χ0n) is 16.2. The Kier molecular flexibility index (Phi) is 4.67. The van der Waals surface area contributed by atoms with Gasteiger partial charge in [0.25, 0.3) is 0 Å². The first-order valence-electron chi connectivity index (χ1n) is 10.2. The highest BCUT2D eigenvalue weighted by atomic mass is 16.4. The molecular weight excluding hydrogens is 368 g/mol. The largest absolute Gasteiger partial charge is 0.420 e. The Hall–Kier alpha value is -2.93. The second kappa shape index (κ2) is 7.48. The van der Waals surface area contributed by atoms with Crippen LogP contribution in [0.25, 0.3) is 11.1 Å². The third-order valence-electron chi connectivity index (χ3n) is 6.09. The average Bonchev–Trinajstić information content (AvgIpc) is 2.87. The van der Waals surface area contributed by atoms with Crippen molar-refractivity contribution in [3.63, 3.8) is 0 Å².